The molecule has 1 atom stereocenters. The first-order valence-electron chi connectivity index (χ1n) is 16.3. The molecule has 1 aromatic heterocycles. The van der Waals surface area contributed by atoms with E-state index in [1.165, 1.54) is 22.3 Å². The van der Waals surface area contributed by atoms with Gasteiger partial charge in [0, 0.05) is 55.2 Å². The van der Waals surface area contributed by atoms with E-state index in [1.807, 2.05) is 27.7 Å². The number of aromatic nitrogens is 1. The molecule has 44 heavy (non-hydrogen) atoms. The van der Waals surface area contributed by atoms with Gasteiger partial charge < -0.3 is 14.7 Å². The van der Waals surface area contributed by atoms with Gasteiger partial charge in [0.2, 0.25) is 0 Å². The summed E-state index contributed by atoms with van der Waals surface area (Å²) in [6, 6.07) is 15.9. The molecule has 2 aromatic carbocycles. The summed E-state index contributed by atoms with van der Waals surface area (Å²) in [6.45, 7) is 21.2. The topological polar surface area (TPSA) is 65.9 Å². The Kier molecular flexibility index (Phi) is 9.25. The van der Waals surface area contributed by atoms with Crippen molar-refractivity contribution < 1.29 is 14.6 Å². The highest BCUT2D eigenvalue weighted by atomic mass is 16.5. The molecule has 1 saturated heterocycles. The van der Waals surface area contributed by atoms with Crippen molar-refractivity contribution in [2.24, 2.45) is 5.41 Å². The van der Waals surface area contributed by atoms with E-state index in [0.717, 1.165) is 86.6 Å². The van der Waals surface area contributed by atoms with E-state index in [9.17, 15) is 9.90 Å². The van der Waals surface area contributed by atoms with Crippen molar-refractivity contribution in [1.29, 1.82) is 0 Å². The molecule has 5 rings (SSSR count). The number of hydrogen-bond acceptors (Lipinski definition) is 5. The highest BCUT2D eigenvalue weighted by Crippen LogP contribution is 2.45. The molecule has 2 aliphatic rings. The van der Waals surface area contributed by atoms with E-state index in [2.05, 4.69) is 80.0 Å². The average Bonchev–Trinajstić information content (AvgIpc) is 2.95. The Bertz CT molecular complexity index is 1490. The third-order valence-corrected chi connectivity index (χ3v) is 9.39. The lowest BCUT2D eigenvalue weighted by molar-refractivity contribution is -0.160. The van der Waals surface area contributed by atoms with Crippen LogP contribution in [0.2, 0.25) is 0 Å². The van der Waals surface area contributed by atoms with Gasteiger partial charge in [-0.2, -0.15) is 0 Å². The van der Waals surface area contributed by atoms with E-state index >= 15 is 0 Å². The van der Waals surface area contributed by atoms with Crippen LogP contribution in [0.4, 0.5) is 5.69 Å². The molecule has 6 nitrogen and oxygen atoms in total. The quantitative estimate of drug-likeness (QED) is 0.283. The van der Waals surface area contributed by atoms with Crippen molar-refractivity contribution in [3.05, 3.63) is 81.7 Å². The second-order valence-corrected chi connectivity index (χ2v) is 14.6. The van der Waals surface area contributed by atoms with Gasteiger partial charge in [0.25, 0.3) is 0 Å². The van der Waals surface area contributed by atoms with Crippen LogP contribution in [0.1, 0.15) is 99.7 Å². The number of rotatable bonds is 8. The van der Waals surface area contributed by atoms with Gasteiger partial charge >= 0.3 is 5.97 Å². The van der Waals surface area contributed by atoms with Gasteiger partial charge in [-0.25, -0.2) is 4.79 Å². The van der Waals surface area contributed by atoms with Gasteiger partial charge in [-0.15, -0.1) is 0 Å². The molecule has 0 radical (unpaired) electrons. The Hall–Kier alpha value is -3.22. The van der Waals surface area contributed by atoms with E-state index in [0.29, 0.717) is 5.56 Å². The fraction of sp³-hybridized carbons (Fsp3) is 0.526. The summed E-state index contributed by atoms with van der Waals surface area (Å²) in [6.07, 6.45) is 3.04. The molecule has 2 aliphatic heterocycles. The zero-order valence-electron chi connectivity index (χ0n) is 28.1. The molecule has 0 aliphatic carbocycles. The number of carboxylic acid groups (broad SMARTS) is 1. The minimum absolute atomic E-state index is 0.262. The molecular weight excluding hydrogens is 546 g/mol. The third kappa shape index (κ3) is 7.18. The molecule has 0 bridgehead atoms. The van der Waals surface area contributed by atoms with Crippen LogP contribution in [-0.2, 0) is 35.5 Å². The van der Waals surface area contributed by atoms with Crippen LogP contribution in [0, 0.1) is 19.3 Å². The lowest BCUT2D eigenvalue weighted by Gasteiger charge is -2.41. The van der Waals surface area contributed by atoms with Crippen LogP contribution in [0.5, 0.6) is 0 Å². The van der Waals surface area contributed by atoms with Gasteiger partial charge in [-0.05, 0) is 93.5 Å². The van der Waals surface area contributed by atoms with Crippen LogP contribution >= 0.6 is 0 Å². The Labute approximate surface area is 264 Å². The standard InChI is InChI=1S/C38H51N3O3/c1-9-27-10-12-28(13-11-27)23-40-19-16-29-22-30(14-15-31(29)24-40)32-25(2)39-26(3)33(35(36(42)43)44-37(4,5)6)34(32)41-20-17-38(7,8)18-21-41/h10-15,22,35H,9,16-21,23-24H2,1-8H3,(H,42,43)/t35-/m0/s1. The summed E-state index contributed by atoms with van der Waals surface area (Å²) < 4.78 is 6.26. The summed E-state index contributed by atoms with van der Waals surface area (Å²) in [5, 5.41) is 10.5. The van der Waals surface area contributed by atoms with E-state index in [-0.39, 0.29) is 5.41 Å². The number of hydrogen-bond donors (Lipinski definition) is 1. The maximum Gasteiger partial charge on any atom is 0.337 e. The summed E-state index contributed by atoms with van der Waals surface area (Å²) in [4.78, 5) is 22.7. The fourth-order valence-electron chi connectivity index (χ4n) is 6.80. The van der Waals surface area contributed by atoms with Crippen molar-refractivity contribution >= 4 is 11.7 Å². The Morgan fingerprint density at radius 3 is 2.25 bits per heavy atom. The Morgan fingerprint density at radius 1 is 0.977 bits per heavy atom. The summed E-state index contributed by atoms with van der Waals surface area (Å²) in [5.41, 5.74) is 10.6. The molecule has 0 amide bonds. The Balaban J connectivity index is 1.54. The van der Waals surface area contributed by atoms with Crippen molar-refractivity contribution in [1.82, 2.24) is 9.88 Å². The van der Waals surface area contributed by atoms with Gasteiger partial charge in [-0.1, -0.05) is 63.2 Å². The van der Waals surface area contributed by atoms with Gasteiger partial charge in [0.15, 0.2) is 6.10 Å². The largest absolute Gasteiger partial charge is 0.479 e. The lowest BCUT2D eigenvalue weighted by atomic mass is 9.81. The lowest BCUT2D eigenvalue weighted by Crippen LogP contribution is -2.39. The van der Waals surface area contributed by atoms with Crippen molar-refractivity contribution in [2.75, 3.05) is 24.5 Å². The Morgan fingerprint density at radius 2 is 1.64 bits per heavy atom. The molecule has 1 N–H and O–H groups in total. The normalized spacial score (nSPS) is 17.8. The molecule has 6 heteroatoms. The maximum atomic E-state index is 12.8. The second kappa shape index (κ2) is 12.6. The van der Waals surface area contributed by atoms with Crippen LogP contribution < -0.4 is 4.90 Å². The first-order chi connectivity index (χ1) is 20.7. The monoisotopic (exact) mass is 597 g/mol. The smallest absolute Gasteiger partial charge is 0.337 e. The molecule has 0 saturated carbocycles. The van der Waals surface area contributed by atoms with Gasteiger partial charge in [-0.3, -0.25) is 9.88 Å². The molecule has 3 heterocycles. The van der Waals surface area contributed by atoms with E-state index in [4.69, 9.17) is 9.72 Å². The molecule has 3 aromatic rings. The number of carbonyl (C=O) groups is 1. The molecule has 1 fully saturated rings. The summed E-state index contributed by atoms with van der Waals surface area (Å²) in [7, 11) is 0. The summed E-state index contributed by atoms with van der Waals surface area (Å²) in [5.74, 6) is -0.979. The minimum atomic E-state index is -1.11. The predicted octanol–water partition coefficient (Wildman–Crippen LogP) is 8.05. The molecule has 0 unspecified atom stereocenters. The minimum Gasteiger partial charge on any atom is -0.479 e. The highest BCUT2D eigenvalue weighted by molar-refractivity contribution is 5.88. The number of ether oxygens (including phenoxy) is 1. The number of aliphatic carboxylic acids is 1. The SMILES string of the molecule is CCc1ccc(CN2CCc3cc(-c4c(C)nc(C)c([C@H](OC(C)(C)C)C(=O)O)c4N4CCC(C)(C)CC4)ccc3C2)cc1. The maximum absolute atomic E-state index is 12.8. The number of piperidine rings is 1. The van der Waals surface area contributed by atoms with E-state index < -0.39 is 17.7 Å². The van der Waals surface area contributed by atoms with Crippen LogP contribution in [0.3, 0.4) is 0 Å². The first kappa shape index (κ1) is 32.2. The number of fused-ring (bicyclic) bond motifs is 1. The predicted molar refractivity (Wildman–Crippen MR) is 179 cm³/mol. The summed E-state index contributed by atoms with van der Waals surface area (Å²) >= 11 is 0. The van der Waals surface area contributed by atoms with Crippen molar-refractivity contribution in [3.8, 4) is 11.1 Å². The fourth-order valence-corrected chi connectivity index (χ4v) is 6.80. The number of aryl methyl sites for hydroxylation is 3. The number of carboxylic acids is 1. The number of pyridine rings is 1. The van der Waals surface area contributed by atoms with Crippen LogP contribution in [0.15, 0.2) is 42.5 Å². The zero-order valence-corrected chi connectivity index (χ0v) is 28.1. The highest BCUT2D eigenvalue weighted by Gasteiger charge is 2.36. The van der Waals surface area contributed by atoms with E-state index in [1.54, 1.807) is 0 Å². The zero-order chi connectivity index (χ0) is 31.8. The van der Waals surface area contributed by atoms with Gasteiger partial charge in [0.05, 0.1) is 11.3 Å². The number of benzene rings is 2. The van der Waals surface area contributed by atoms with Crippen molar-refractivity contribution in [2.45, 2.75) is 106 Å². The van der Waals surface area contributed by atoms with Gasteiger partial charge in [0.1, 0.15) is 0 Å². The molecule has 0 spiro atoms. The number of nitrogens with zero attached hydrogens (tertiary/aromatic N) is 3. The van der Waals surface area contributed by atoms with Crippen LogP contribution in [-0.4, -0.2) is 46.2 Å². The molecule has 236 valence electrons. The van der Waals surface area contributed by atoms with Crippen LogP contribution in [0.25, 0.3) is 11.1 Å². The molecular formula is C38H51N3O3. The third-order valence-electron chi connectivity index (χ3n) is 9.39. The second-order valence-electron chi connectivity index (χ2n) is 14.6. The first-order valence-corrected chi connectivity index (χ1v) is 16.3. The number of anilines is 1. The average molecular weight is 598 g/mol. The van der Waals surface area contributed by atoms with Crippen molar-refractivity contribution in [3.63, 3.8) is 0 Å².